The number of rotatable bonds is 5. The normalized spacial score (nSPS) is 16.5. The Morgan fingerprint density at radius 1 is 1.23 bits per heavy atom. The van der Waals surface area contributed by atoms with Crippen LogP contribution in [0.3, 0.4) is 0 Å². The van der Waals surface area contributed by atoms with Gasteiger partial charge >= 0.3 is 0 Å². The number of primary amides is 1. The molecular formula is C18H21ClFN5O. The molecule has 1 amide bonds. The van der Waals surface area contributed by atoms with Gasteiger partial charge < -0.3 is 10.6 Å². The van der Waals surface area contributed by atoms with E-state index >= 15 is 0 Å². The highest BCUT2D eigenvalue weighted by molar-refractivity contribution is 6.30. The van der Waals surface area contributed by atoms with E-state index in [1.54, 1.807) is 12.1 Å². The summed E-state index contributed by atoms with van der Waals surface area (Å²) in [6, 6.07) is 6.57. The number of benzene rings is 1. The van der Waals surface area contributed by atoms with Crippen LogP contribution in [0.1, 0.15) is 24.2 Å². The number of piperazine rings is 1. The number of carbonyl (C=O) groups excluding carboxylic acids is 1. The Bertz CT molecular complexity index is 778. The van der Waals surface area contributed by atoms with Crippen molar-refractivity contribution in [2.45, 2.75) is 19.4 Å². The van der Waals surface area contributed by atoms with Crippen LogP contribution >= 0.6 is 11.6 Å². The topological polar surface area (TPSA) is 75.3 Å². The van der Waals surface area contributed by atoms with Gasteiger partial charge in [0.05, 0.1) is 5.69 Å². The van der Waals surface area contributed by atoms with E-state index in [1.165, 1.54) is 6.33 Å². The van der Waals surface area contributed by atoms with Gasteiger partial charge in [0.25, 0.3) is 0 Å². The zero-order chi connectivity index (χ0) is 18.7. The average Bonchev–Trinajstić information content (AvgIpc) is 2.64. The molecule has 0 spiro atoms. The molecule has 1 aromatic heterocycles. The number of anilines is 1. The molecule has 6 nitrogen and oxygen atoms in total. The van der Waals surface area contributed by atoms with Crippen LogP contribution in [-0.4, -0.2) is 47.0 Å². The molecule has 0 aliphatic carbocycles. The number of aromatic nitrogens is 2. The van der Waals surface area contributed by atoms with Crippen molar-refractivity contribution in [3.63, 3.8) is 0 Å². The van der Waals surface area contributed by atoms with Crippen molar-refractivity contribution >= 4 is 23.3 Å². The van der Waals surface area contributed by atoms with Crippen LogP contribution in [0.4, 0.5) is 10.2 Å². The SMILES string of the molecule is CCc1ncnc(N2CCN(C(C(N)=O)c3ccc(Cl)cc3)CC2)c1F. The van der Waals surface area contributed by atoms with Crippen LogP contribution in [0.5, 0.6) is 0 Å². The second-order valence-corrected chi connectivity index (χ2v) is 6.63. The standard InChI is InChI=1S/C18H21ClFN5O/c1-2-14-15(20)18(23-11-22-14)25-9-7-24(8-10-25)16(17(21)26)12-3-5-13(19)6-4-12/h3-6,11,16H,2,7-10H2,1H3,(H2,21,26). The molecule has 1 aliphatic heterocycles. The van der Waals surface area contributed by atoms with Crippen LogP contribution in [-0.2, 0) is 11.2 Å². The van der Waals surface area contributed by atoms with E-state index in [9.17, 15) is 9.18 Å². The van der Waals surface area contributed by atoms with Gasteiger partial charge in [-0.1, -0.05) is 30.7 Å². The summed E-state index contributed by atoms with van der Waals surface area (Å²) in [6.07, 6.45) is 1.91. The van der Waals surface area contributed by atoms with Gasteiger partial charge in [0.15, 0.2) is 11.6 Å². The minimum atomic E-state index is -0.532. The number of hydrogen-bond donors (Lipinski definition) is 1. The maximum absolute atomic E-state index is 14.5. The van der Waals surface area contributed by atoms with E-state index in [1.807, 2.05) is 28.9 Å². The molecule has 0 radical (unpaired) electrons. The Labute approximate surface area is 156 Å². The molecule has 2 N–H and O–H groups in total. The van der Waals surface area contributed by atoms with E-state index in [0.717, 1.165) is 5.56 Å². The fourth-order valence-corrected chi connectivity index (χ4v) is 3.38. The summed E-state index contributed by atoms with van der Waals surface area (Å²) < 4.78 is 14.5. The first-order valence-corrected chi connectivity index (χ1v) is 8.92. The largest absolute Gasteiger partial charge is 0.368 e. The average molecular weight is 378 g/mol. The van der Waals surface area contributed by atoms with Gasteiger partial charge in [-0.05, 0) is 24.1 Å². The van der Waals surface area contributed by atoms with E-state index < -0.39 is 11.9 Å². The van der Waals surface area contributed by atoms with Crippen molar-refractivity contribution in [3.05, 3.63) is 52.7 Å². The summed E-state index contributed by atoms with van der Waals surface area (Å²) in [5, 5.41) is 0.604. The van der Waals surface area contributed by atoms with Crippen LogP contribution in [0.25, 0.3) is 0 Å². The Balaban J connectivity index is 1.74. The smallest absolute Gasteiger partial charge is 0.239 e. The van der Waals surface area contributed by atoms with Crippen molar-refractivity contribution in [3.8, 4) is 0 Å². The number of aryl methyl sites for hydroxylation is 1. The van der Waals surface area contributed by atoms with Crippen molar-refractivity contribution in [1.29, 1.82) is 0 Å². The molecule has 1 saturated heterocycles. The monoisotopic (exact) mass is 377 g/mol. The summed E-state index contributed by atoms with van der Waals surface area (Å²) in [4.78, 5) is 24.0. The van der Waals surface area contributed by atoms with Crippen LogP contribution < -0.4 is 10.6 Å². The lowest BCUT2D eigenvalue weighted by Crippen LogP contribution is -2.50. The highest BCUT2D eigenvalue weighted by Gasteiger charge is 2.30. The molecule has 3 rings (SSSR count). The summed E-state index contributed by atoms with van der Waals surface area (Å²) in [5.41, 5.74) is 6.85. The Hall–Kier alpha value is -2.25. The molecule has 2 heterocycles. The van der Waals surface area contributed by atoms with Crippen molar-refractivity contribution < 1.29 is 9.18 Å². The first kappa shape index (κ1) is 18.5. The molecule has 1 aliphatic rings. The van der Waals surface area contributed by atoms with Crippen LogP contribution in [0, 0.1) is 5.82 Å². The van der Waals surface area contributed by atoms with E-state index in [2.05, 4.69) is 9.97 Å². The second-order valence-electron chi connectivity index (χ2n) is 6.19. The maximum Gasteiger partial charge on any atom is 0.239 e. The zero-order valence-electron chi connectivity index (χ0n) is 14.5. The van der Waals surface area contributed by atoms with Crippen LogP contribution in [0.2, 0.25) is 5.02 Å². The summed E-state index contributed by atoms with van der Waals surface area (Å²) in [5.74, 6) is -0.464. The van der Waals surface area contributed by atoms with Gasteiger partial charge in [-0.25, -0.2) is 14.4 Å². The van der Waals surface area contributed by atoms with Crippen molar-refractivity contribution in [2.75, 3.05) is 31.1 Å². The van der Waals surface area contributed by atoms with E-state index in [0.29, 0.717) is 49.1 Å². The third kappa shape index (κ3) is 3.78. The molecule has 1 atom stereocenters. The Kier molecular flexibility index (Phi) is 5.68. The summed E-state index contributed by atoms with van der Waals surface area (Å²) in [7, 11) is 0. The number of halogens is 2. The minimum absolute atomic E-state index is 0.318. The highest BCUT2D eigenvalue weighted by Crippen LogP contribution is 2.26. The predicted octanol–water partition coefficient (Wildman–Crippen LogP) is 2.18. The molecule has 26 heavy (non-hydrogen) atoms. The summed E-state index contributed by atoms with van der Waals surface area (Å²) >= 11 is 5.92. The zero-order valence-corrected chi connectivity index (χ0v) is 15.3. The van der Waals surface area contributed by atoms with Gasteiger partial charge in [-0.15, -0.1) is 0 Å². The molecule has 1 fully saturated rings. The van der Waals surface area contributed by atoms with Gasteiger partial charge in [-0.2, -0.15) is 0 Å². The first-order chi connectivity index (χ1) is 12.5. The third-order valence-corrected chi connectivity index (χ3v) is 4.86. The van der Waals surface area contributed by atoms with Gasteiger partial charge in [0, 0.05) is 31.2 Å². The molecule has 0 saturated carbocycles. The Morgan fingerprint density at radius 2 is 1.88 bits per heavy atom. The van der Waals surface area contributed by atoms with Crippen molar-refractivity contribution in [2.24, 2.45) is 5.73 Å². The number of carbonyl (C=O) groups is 1. The summed E-state index contributed by atoms with van der Waals surface area (Å²) in [6.45, 7) is 4.10. The molecule has 0 bridgehead atoms. The first-order valence-electron chi connectivity index (χ1n) is 8.54. The third-order valence-electron chi connectivity index (χ3n) is 4.61. The second kappa shape index (κ2) is 7.97. The Morgan fingerprint density at radius 3 is 2.46 bits per heavy atom. The fourth-order valence-electron chi connectivity index (χ4n) is 3.25. The van der Waals surface area contributed by atoms with Crippen molar-refractivity contribution in [1.82, 2.24) is 14.9 Å². The highest BCUT2D eigenvalue weighted by atomic mass is 35.5. The molecule has 1 unspecified atom stereocenters. The number of amides is 1. The number of hydrogen-bond acceptors (Lipinski definition) is 5. The molecule has 1 aromatic carbocycles. The predicted molar refractivity (Wildman–Crippen MR) is 98.5 cm³/mol. The molecule has 138 valence electrons. The lowest BCUT2D eigenvalue weighted by atomic mass is 10.0. The van der Waals surface area contributed by atoms with Crippen LogP contribution in [0.15, 0.2) is 30.6 Å². The molecular weight excluding hydrogens is 357 g/mol. The van der Waals surface area contributed by atoms with Gasteiger partial charge in [0.2, 0.25) is 5.91 Å². The molecule has 2 aromatic rings. The van der Waals surface area contributed by atoms with Gasteiger partial charge in [0.1, 0.15) is 12.4 Å². The molecule has 8 heteroatoms. The quantitative estimate of drug-likeness (QED) is 0.864. The van der Waals surface area contributed by atoms with E-state index in [4.69, 9.17) is 17.3 Å². The lowest BCUT2D eigenvalue weighted by Gasteiger charge is -2.38. The van der Waals surface area contributed by atoms with E-state index in [-0.39, 0.29) is 5.82 Å². The minimum Gasteiger partial charge on any atom is -0.368 e. The fraction of sp³-hybridized carbons (Fsp3) is 0.389. The van der Waals surface area contributed by atoms with Gasteiger partial charge in [-0.3, -0.25) is 9.69 Å². The number of nitrogens with zero attached hydrogens (tertiary/aromatic N) is 4. The lowest BCUT2D eigenvalue weighted by molar-refractivity contribution is -0.123. The number of nitrogens with two attached hydrogens (primary N) is 1. The maximum atomic E-state index is 14.5.